The number of thiophene rings is 1. The minimum absolute atomic E-state index is 0.0915. The first-order valence-electron chi connectivity index (χ1n) is 5.58. The number of aromatic carboxylic acids is 1. The maximum atomic E-state index is 11.7. The summed E-state index contributed by atoms with van der Waals surface area (Å²) in [6, 6.07) is 0. The number of rotatable bonds is 3. The number of carboxylic acid groups (broad SMARTS) is 1. The van der Waals surface area contributed by atoms with E-state index in [4.69, 9.17) is 15.1 Å². The van der Waals surface area contributed by atoms with Crippen LogP contribution in [0.5, 0.6) is 0 Å². The summed E-state index contributed by atoms with van der Waals surface area (Å²) < 4.78 is 5.10. The lowest BCUT2D eigenvalue weighted by Gasteiger charge is -2.19. The first-order valence-corrected chi connectivity index (χ1v) is 7.21. The molecule has 0 fully saturated rings. The number of nitriles is 1. The van der Waals surface area contributed by atoms with Gasteiger partial charge in [-0.05, 0) is 45.0 Å². The van der Waals surface area contributed by atoms with E-state index >= 15 is 0 Å². The van der Waals surface area contributed by atoms with Gasteiger partial charge in [-0.3, -0.25) is 5.32 Å². The van der Waals surface area contributed by atoms with Gasteiger partial charge in [-0.1, -0.05) is 0 Å². The normalized spacial score (nSPS) is 10.8. The van der Waals surface area contributed by atoms with E-state index in [9.17, 15) is 9.59 Å². The fraction of sp³-hybridized carbons (Fsp3) is 0.417. The number of hydrogen-bond acceptors (Lipinski definition) is 6. The summed E-state index contributed by atoms with van der Waals surface area (Å²) >= 11 is 1.71. The van der Waals surface area contributed by atoms with Crippen LogP contribution in [0.25, 0.3) is 0 Å². The van der Waals surface area contributed by atoms with Crippen LogP contribution < -0.4 is 5.32 Å². The molecule has 0 aliphatic heterocycles. The predicted molar refractivity (Wildman–Crippen MR) is 77.3 cm³/mol. The van der Waals surface area contributed by atoms with E-state index in [0.717, 1.165) is 23.1 Å². The summed E-state index contributed by atoms with van der Waals surface area (Å²) in [5.41, 5.74) is -0.200. The number of nitrogens with zero attached hydrogens (tertiary/aromatic N) is 1. The minimum Gasteiger partial charge on any atom is -0.477 e. The highest BCUT2D eigenvalue weighted by Gasteiger charge is 2.23. The third kappa shape index (κ3) is 4.15. The number of thioether (sulfide) groups is 1. The van der Waals surface area contributed by atoms with Crippen LogP contribution >= 0.6 is 23.1 Å². The van der Waals surface area contributed by atoms with Crippen molar-refractivity contribution in [1.82, 2.24) is 0 Å². The molecular formula is C12H14N2O4S2. The van der Waals surface area contributed by atoms with E-state index in [0.29, 0.717) is 15.5 Å². The third-order valence-corrected chi connectivity index (χ3v) is 4.18. The molecular weight excluding hydrogens is 300 g/mol. The lowest BCUT2D eigenvalue weighted by atomic mass is 10.2. The predicted octanol–water partition coefficient (Wildman–Crippen LogP) is 3.67. The molecule has 0 atom stereocenters. The highest BCUT2D eigenvalue weighted by molar-refractivity contribution is 8.04. The van der Waals surface area contributed by atoms with Crippen molar-refractivity contribution in [2.45, 2.75) is 38.2 Å². The van der Waals surface area contributed by atoms with Gasteiger partial charge in [0.15, 0.2) is 0 Å². The first kappa shape index (κ1) is 16.3. The van der Waals surface area contributed by atoms with Crippen LogP contribution in [0.1, 0.15) is 36.0 Å². The summed E-state index contributed by atoms with van der Waals surface area (Å²) in [5, 5.41) is 22.5. The second-order valence-electron chi connectivity index (χ2n) is 4.84. The monoisotopic (exact) mass is 314 g/mol. The van der Waals surface area contributed by atoms with Crippen LogP contribution in [0.4, 0.5) is 9.80 Å². The molecule has 1 aromatic heterocycles. The van der Waals surface area contributed by atoms with E-state index in [1.54, 1.807) is 27.7 Å². The lowest BCUT2D eigenvalue weighted by molar-refractivity contribution is 0.0634. The Hall–Kier alpha value is -1.72. The molecule has 108 valence electrons. The molecule has 0 aromatic carbocycles. The van der Waals surface area contributed by atoms with Crippen molar-refractivity contribution in [2.24, 2.45) is 0 Å². The molecule has 0 unspecified atom stereocenters. The Labute approximate surface area is 124 Å². The Morgan fingerprint density at radius 3 is 2.50 bits per heavy atom. The van der Waals surface area contributed by atoms with E-state index < -0.39 is 17.7 Å². The fourth-order valence-electron chi connectivity index (χ4n) is 1.35. The minimum atomic E-state index is -1.09. The van der Waals surface area contributed by atoms with Gasteiger partial charge in [-0.25, -0.2) is 9.59 Å². The molecule has 1 rings (SSSR count). The van der Waals surface area contributed by atoms with Crippen molar-refractivity contribution < 1.29 is 19.4 Å². The molecule has 1 aromatic rings. The van der Waals surface area contributed by atoms with Crippen molar-refractivity contribution in [3.8, 4) is 5.40 Å². The average molecular weight is 314 g/mol. The number of carbonyl (C=O) groups excluding carboxylic acids is 1. The third-order valence-electron chi connectivity index (χ3n) is 2.05. The van der Waals surface area contributed by atoms with E-state index in [2.05, 4.69) is 5.32 Å². The molecule has 1 heterocycles. The molecule has 0 spiro atoms. The number of amides is 1. The zero-order valence-corrected chi connectivity index (χ0v) is 13.1. The van der Waals surface area contributed by atoms with Gasteiger partial charge in [0, 0.05) is 0 Å². The molecule has 0 aliphatic rings. The van der Waals surface area contributed by atoms with E-state index in [1.165, 1.54) is 0 Å². The van der Waals surface area contributed by atoms with Crippen molar-refractivity contribution in [2.75, 3.05) is 5.32 Å². The number of carbonyl (C=O) groups is 2. The van der Waals surface area contributed by atoms with Crippen LogP contribution in [0.15, 0.2) is 4.90 Å². The smallest absolute Gasteiger partial charge is 0.412 e. The van der Waals surface area contributed by atoms with Gasteiger partial charge < -0.3 is 9.84 Å². The highest BCUT2D eigenvalue weighted by Crippen LogP contribution is 2.39. The van der Waals surface area contributed by atoms with Crippen molar-refractivity contribution in [1.29, 1.82) is 5.26 Å². The Morgan fingerprint density at radius 1 is 1.45 bits per heavy atom. The molecule has 8 heteroatoms. The summed E-state index contributed by atoms with van der Waals surface area (Å²) in [7, 11) is 0. The number of carboxylic acids is 1. The zero-order chi connectivity index (χ0) is 15.5. The van der Waals surface area contributed by atoms with Gasteiger partial charge >= 0.3 is 12.1 Å². The number of nitrogens with one attached hydrogen (secondary N) is 1. The second-order valence-corrected chi connectivity index (χ2v) is 6.66. The molecule has 0 radical (unpaired) electrons. The molecule has 2 N–H and O–H groups in total. The molecule has 20 heavy (non-hydrogen) atoms. The number of anilines is 1. The Bertz CT molecular complexity index is 582. The zero-order valence-electron chi connectivity index (χ0n) is 11.4. The summed E-state index contributed by atoms with van der Waals surface area (Å²) in [6.07, 6.45) is -0.685. The van der Waals surface area contributed by atoms with Gasteiger partial charge in [0.25, 0.3) is 0 Å². The number of hydrogen-bond donors (Lipinski definition) is 2. The van der Waals surface area contributed by atoms with Crippen molar-refractivity contribution in [3.05, 3.63) is 10.4 Å². The number of ether oxygens (including phenoxy) is 1. The van der Waals surface area contributed by atoms with E-state index in [-0.39, 0.29) is 4.88 Å². The molecule has 0 saturated carbocycles. The standard InChI is InChI=1S/C12H14N2O4S2/c1-6-7(19-5-13)9(20-8(6)10(15)16)14-11(17)18-12(2,3)4/h1-4H3,(H,14,17)(H,15,16). The lowest BCUT2D eigenvalue weighted by Crippen LogP contribution is -2.27. The quantitative estimate of drug-likeness (QED) is 0.652. The first-order chi connectivity index (χ1) is 9.15. The summed E-state index contributed by atoms with van der Waals surface area (Å²) in [5.74, 6) is -1.09. The van der Waals surface area contributed by atoms with Crippen molar-refractivity contribution in [3.63, 3.8) is 0 Å². The van der Waals surface area contributed by atoms with Crippen LogP contribution in [0, 0.1) is 17.6 Å². The SMILES string of the molecule is Cc1c(C(=O)O)sc(NC(=O)OC(C)(C)C)c1SC#N. The average Bonchev–Trinajstić information content (AvgIpc) is 2.55. The van der Waals surface area contributed by atoms with Gasteiger partial charge in [0.1, 0.15) is 20.9 Å². The molecule has 0 saturated heterocycles. The molecule has 1 amide bonds. The topological polar surface area (TPSA) is 99.4 Å². The highest BCUT2D eigenvalue weighted by atomic mass is 32.2. The molecule has 0 aliphatic carbocycles. The summed E-state index contributed by atoms with van der Waals surface area (Å²) in [6.45, 7) is 6.76. The fourth-order valence-corrected chi connectivity index (χ4v) is 3.08. The van der Waals surface area contributed by atoms with Gasteiger partial charge in [-0.2, -0.15) is 5.26 Å². The Balaban J connectivity index is 3.06. The van der Waals surface area contributed by atoms with Crippen molar-refractivity contribution >= 4 is 40.2 Å². The van der Waals surface area contributed by atoms with Crippen LogP contribution in [0.3, 0.4) is 0 Å². The van der Waals surface area contributed by atoms with Gasteiger partial charge in [0.2, 0.25) is 0 Å². The molecule has 6 nitrogen and oxygen atoms in total. The molecule has 0 bridgehead atoms. The largest absolute Gasteiger partial charge is 0.477 e. The Kier molecular flexibility index (Phi) is 5.03. The Morgan fingerprint density at radius 2 is 2.05 bits per heavy atom. The summed E-state index contributed by atoms with van der Waals surface area (Å²) in [4.78, 5) is 23.3. The number of thiocyanates is 1. The maximum Gasteiger partial charge on any atom is 0.412 e. The second kappa shape index (κ2) is 6.15. The van der Waals surface area contributed by atoms with Gasteiger partial charge in [0.05, 0.1) is 4.90 Å². The van der Waals surface area contributed by atoms with E-state index in [1.807, 2.05) is 5.40 Å². The van der Waals surface area contributed by atoms with Gasteiger partial charge in [-0.15, -0.1) is 11.3 Å². The van der Waals surface area contributed by atoms with Crippen LogP contribution in [-0.4, -0.2) is 22.8 Å². The van der Waals surface area contributed by atoms with Crippen LogP contribution in [-0.2, 0) is 4.74 Å². The van der Waals surface area contributed by atoms with Crippen LogP contribution in [0.2, 0.25) is 0 Å². The maximum absolute atomic E-state index is 11.7.